The number of carbonyl (C=O) groups is 1. The number of hydrogen-bond donors (Lipinski definition) is 3. The maximum atomic E-state index is 12.0. The van der Waals surface area contributed by atoms with Crippen molar-refractivity contribution in [3.8, 4) is 0 Å². The minimum absolute atomic E-state index is 0.127. The maximum absolute atomic E-state index is 12.0. The smallest absolute Gasteiger partial charge is 0.348 e. The molecule has 0 aliphatic heterocycles. The first-order valence-corrected chi connectivity index (χ1v) is 6.90. The third kappa shape index (κ3) is 2.18. The van der Waals surface area contributed by atoms with Crippen LogP contribution in [-0.4, -0.2) is 38.6 Å². The number of benzene rings is 1. The number of aromatic nitrogens is 4. The second kappa shape index (κ2) is 5.14. The van der Waals surface area contributed by atoms with E-state index in [0.717, 1.165) is 0 Å². The van der Waals surface area contributed by atoms with Gasteiger partial charge < -0.3 is 10.6 Å². The fourth-order valence-corrected chi connectivity index (χ4v) is 2.31. The molecule has 3 rings (SSSR count). The molecule has 0 unspecified atom stereocenters. The number of fused-ring (bicyclic) bond motifs is 3. The summed E-state index contributed by atoms with van der Waals surface area (Å²) in [5.41, 5.74) is 1.70. The summed E-state index contributed by atoms with van der Waals surface area (Å²) in [6.45, 7) is 3.93. The molecule has 8 nitrogen and oxygen atoms in total. The summed E-state index contributed by atoms with van der Waals surface area (Å²) in [5.74, 6) is 0.289. The SMILES string of the molecule is CNC(=O)c1ccc2c(c1)nc(NC(C)C)c1n[nH]c(=O)n12. The van der Waals surface area contributed by atoms with E-state index in [0.29, 0.717) is 28.1 Å². The van der Waals surface area contributed by atoms with E-state index in [4.69, 9.17) is 0 Å². The Hall–Kier alpha value is -2.90. The molecule has 0 fully saturated rings. The molecule has 0 radical (unpaired) electrons. The van der Waals surface area contributed by atoms with Crippen LogP contribution >= 0.6 is 0 Å². The standard InChI is InChI=1S/C14H16N6O2/c1-7(2)16-11-12-18-19-14(22)20(12)10-5-4-8(13(21)15-3)6-9(10)17-11/h4-7H,1-3H3,(H,15,21)(H,16,17)(H,19,22). The second-order valence-corrected chi connectivity index (χ2v) is 5.23. The van der Waals surface area contributed by atoms with Gasteiger partial charge in [-0.1, -0.05) is 0 Å². The van der Waals surface area contributed by atoms with Gasteiger partial charge in [0.15, 0.2) is 5.82 Å². The van der Waals surface area contributed by atoms with Crippen LogP contribution in [0.2, 0.25) is 0 Å². The molecular formula is C14H16N6O2. The zero-order chi connectivity index (χ0) is 15.9. The van der Waals surface area contributed by atoms with Crippen molar-refractivity contribution in [2.24, 2.45) is 0 Å². The summed E-state index contributed by atoms with van der Waals surface area (Å²) in [6.07, 6.45) is 0. The van der Waals surface area contributed by atoms with Crippen LogP contribution < -0.4 is 16.3 Å². The van der Waals surface area contributed by atoms with Crippen molar-refractivity contribution >= 4 is 28.4 Å². The Balaban J connectivity index is 2.34. The molecule has 0 aliphatic carbocycles. The third-order valence-corrected chi connectivity index (χ3v) is 3.25. The third-order valence-electron chi connectivity index (χ3n) is 3.25. The predicted molar refractivity (Wildman–Crippen MR) is 83.3 cm³/mol. The Labute approximate surface area is 125 Å². The van der Waals surface area contributed by atoms with Crippen molar-refractivity contribution in [1.82, 2.24) is 24.9 Å². The molecule has 0 atom stereocenters. The van der Waals surface area contributed by atoms with Crippen LogP contribution in [0.15, 0.2) is 23.0 Å². The Morgan fingerprint density at radius 3 is 2.82 bits per heavy atom. The summed E-state index contributed by atoms with van der Waals surface area (Å²) in [7, 11) is 1.56. The Kier molecular flexibility index (Phi) is 3.28. The van der Waals surface area contributed by atoms with Gasteiger partial charge in [-0.05, 0) is 32.0 Å². The zero-order valence-corrected chi connectivity index (χ0v) is 12.5. The van der Waals surface area contributed by atoms with Gasteiger partial charge in [0, 0.05) is 18.7 Å². The number of nitrogens with zero attached hydrogens (tertiary/aromatic N) is 3. The average Bonchev–Trinajstić information content (AvgIpc) is 2.88. The summed E-state index contributed by atoms with van der Waals surface area (Å²) in [5, 5.41) is 12.2. The normalized spacial score (nSPS) is 11.3. The van der Waals surface area contributed by atoms with Crippen molar-refractivity contribution in [2.45, 2.75) is 19.9 Å². The fraction of sp³-hybridized carbons (Fsp3) is 0.286. The number of amides is 1. The fourth-order valence-electron chi connectivity index (χ4n) is 2.31. The molecule has 1 amide bonds. The van der Waals surface area contributed by atoms with Crippen LogP contribution in [0, 0.1) is 0 Å². The molecule has 0 bridgehead atoms. The lowest BCUT2D eigenvalue weighted by molar-refractivity contribution is 0.0963. The van der Waals surface area contributed by atoms with Gasteiger partial charge in [0.05, 0.1) is 11.0 Å². The van der Waals surface area contributed by atoms with Crippen LogP contribution in [0.3, 0.4) is 0 Å². The van der Waals surface area contributed by atoms with Gasteiger partial charge in [-0.3, -0.25) is 4.79 Å². The van der Waals surface area contributed by atoms with Crippen LogP contribution in [0.1, 0.15) is 24.2 Å². The highest BCUT2D eigenvalue weighted by Gasteiger charge is 2.14. The van der Waals surface area contributed by atoms with E-state index in [2.05, 4.69) is 25.8 Å². The van der Waals surface area contributed by atoms with E-state index < -0.39 is 0 Å². The molecule has 0 saturated heterocycles. The number of carbonyl (C=O) groups excluding carboxylic acids is 1. The van der Waals surface area contributed by atoms with Crippen molar-refractivity contribution < 1.29 is 4.79 Å². The summed E-state index contributed by atoms with van der Waals surface area (Å²) in [4.78, 5) is 28.3. The van der Waals surface area contributed by atoms with Crippen molar-refractivity contribution in [2.75, 3.05) is 12.4 Å². The van der Waals surface area contributed by atoms with E-state index in [9.17, 15) is 9.59 Å². The lowest BCUT2D eigenvalue weighted by atomic mass is 10.2. The molecule has 0 spiro atoms. The van der Waals surface area contributed by atoms with E-state index in [1.165, 1.54) is 4.40 Å². The highest BCUT2D eigenvalue weighted by atomic mass is 16.2. The molecule has 3 aromatic rings. The van der Waals surface area contributed by atoms with Gasteiger partial charge >= 0.3 is 5.69 Å². The molecule has 2 heterocycles. The number of aromatic amines is 1. The lowest BCUT2D eigenvalue weighted by Crippen LogP contribution is -2.18. The van der Waals surface area contributed by atoms with E-state index in [1.807, 2.05) is 13.8 Å². The molecule has 22 heavy (non-hydrogen) atoms. The van der Waals surface area contributed by atoms with Crippen molar-refractivity contribution in [3.05, 3.63) is 34.2 Å². The van der Waals surface area contributed by atoms with Crippen LogP contribution in [0.25, 0.3) is 16.7 Å². The van der Waals surface area contributed by atoms with E-state index >= 15 is 0 Å². The lowest BCUT2D eigenvalue weighted by Gasteiger charge is -2.11. The van der Waals surface area contributed by atoms with Crippen LogP contribution in [0.5, 0.6) is 0 Å². The largest absolute Gasteiger partial charge is 0.365 e. The molecule has 8 heteroatoms. The van der Waals surface area contributed by atoms with Gasteiger partial charge in [-0.25, -0.2) is 19.3 Å². The molecule has 3 N–H and O–H groups in total. The molecule has 1 aromatic carbocycles. The quantitative estimate of drug-likeness (QED) is 0.662. The molecule has 114 valence electrons. The highest BCUT2D eigenvalue weighted by Crippen LogP contribution is 2.20. The number of H-pyrrole nitrogens is 1. The van der Waals surface area contributed by atoms with Gasteiger partial charge in [-0.2, -0.15) is 0 Å². The molecule has 2 aromatic heterocycles. The minimum atomic E-state index is -0.345. The Morgan fingerprint density at radius 1 is 1.36 bits per heavy atom. The van der Waals surface area contributed by atoms with E-state index in [1.54, 1.807) is 25.2 Å². The maximum Gasteiger partial charge on any atom is 0.348 e. The van der Waals surface area contributed by atoms with Crippen molar-refractivity contribution in [1.29, 1.82) is 0 Å². The Morgan fingerprint density at radius 2 is 2.14 bits per heavy atom. The highest BCUT2D eigenvalue weighted by molar-refractivity contribution is 5.97. The summed E-state index contributed by atoms with van der Waals surface area (Å²) in [6, 6.07) is 5.12. The number of hydrogen-bond acceptors (Lipinski definition) is 5. The van der Waals surface area contributed by atoms with E-state index in [-0.39, 0.29) is 17.6 Å². The van der Waals surface area contributed by atoms with Gasteiger partial charge in [0.1, 0.15) is 0 Å². The van der Waals surface area contributed by atoms with Crippen LogP contribution in [-0.2, 0) is 0 Å². The first kappa shape index (κ1) is 14.1. The minimum Gasteiger partial charge on any atom is -0.365 e. The van der Waals surface area contributed by atoms with Gasteiger partial charge in [0.2, 0.25) is 5.65 Å². The Bertz CT molecular complexity index is 924. The zero-order valence-electron chi connectivity index (χ0n) is 12.5. The summed E-state index contributed by atoms with van der Waals surface area (Å²) < 4.78 is 1.45. The summed E-state index contributed by atoms with van der Waals surface area (Å²) >= 11 is 0. The first-order valence-electron chi connectivity index (χ1n) is 6.90. The molecule has 0 saturated carbocycles. The average molecular weight is 300 g/mol. The second-order valence-electron chi connectivity index (χ2n) is 5.23. The number of rotatable bonds is 3. The predicted octanol–water partition coefficient (Wildman–Crippen LogP) is 0.751. The topological polar surface area (TPSA) is 104 Å². The van der Waals surface area contributed by atoms with Crippen LogP contribution in [0.4, 0.5) is 5.82 Å². The monoisotopic (exact) mass is 300 g/mol. The van der Waals surface area contributed by atoms with Gasteiger partial charge in [0.25, 0.3) is 5.91 Å². The van der Waals surface area contributed by atoms with Crippen molar-refractivity contribution in [3.63, 3.8) is 0 Å². The molecule has 0 aliphatic rings. The molecular weight excluding hydrogens is 284 g/mol. The number of nitrogens with one attached hydrogen (secondary N) is 3. The van der Waals surface area contributed by atoms with Gasteiger partial charge in [-0.15, -0.1) is 5.10 Å². The number of anilines is 1. The first-order chi connectivity index (χ1) is 10.5.